The van der Waals surface area contributed by atoms with E-state index in [0.717, 1.165) is 26.2 Å². The Bertz CT molecular complexity index is 471. The minimum atomic E-state index is -3.36. The molecule has 0 atom stereocenters. The monoisotopic (exact) mass is 308 g/mol. The highest BCUT2D eigenvalue weighted by Crippen LogP contribution is 2.08. The third-order valence-corrected chi connectivity index (χ3v) is 4.49. The molecule has 19 heavy (non-hydrogen) atoms. The van der Waals surface area contributed by atoms with E-state index in [9.17, 15) is 8.42 Å². The number of hydrogen-bond donors (Lipinski definition) is 1. The van der Waals surface area contributed by atoms with Crippen LogP contribution in [0.2, 0.25) is 0 Å². The Morgan fingerprint density at radius 3 is 2.68 bits per heavy atom. The summed E-state index contributed by atoms with van der Waals surface area (Å²) in [6.45, 7) is 7.83. The van der Waals surface area contributed by atoms with Crippen LogP contribution in [0.1, 0.15) is 13.8 Å². The molecule has 6 nitrogen and oxygen atoms in total. The van der Waals surface area contributed by atoms with Gasteiger partial charge in [0.1, 0.15) is 0 Å². The number of alkyl halides is 1. The molecule has 0 saturated carbocycles. The van der Waals surface area contributed by atoms with Gasteiger partial charge in [-0.2, -0.15) is 5.10 Å². The summed E-state index contributed by atoms with van der Waals surface area (Å²) in [5, 5.41) is 4.13. The highest BCUT2D eigenvalue weighted by Gasteiger charge is 2.10. The van der Waals surface area contributed by atoms with Crippen LogP contribution in [0.4, 0.5) is 5.69 Å². The van der Waals surface area contributed by atoms with E-state index >= 15 is 0 Å². The van der Waals surface area contributed by atoms with E-state index in [1.165, 1.54) is 6.20 Å². The Morgan fingerprint density at radius 1 is 1.42 bits per heavy atom. The van der Waals surface area contributed by atoms with E-state index in [0.29, 0.717) is 5.69 Å². The first kappa shape index (κ1) is 16.3. The highest BCUT2D eigenvalue weighted by molar-refractivity contribution is 7.92. The Morgan fingerprint density at radius 2 is 2.11 bits per heavy atom. The van der Waals surface area contributed by atoms with Crippen LogP contribution >= 0.6 is 11.6 Å². The fraction of sp³-hybridized carbons (Fsp3) is 0.727. The molecule has 0 bridgehead atoms. The average molecular weight is 309 g/mol. The minimum absolute atomic E-state index is 0.0748. The van der Waals surface area contributed by atoms with E-state index in [1.807, 2.05) is 0 Å². The lowest BCUT2D eigenvalue weighted by Gasteiger charge is -2.17. The van der Waals surface area contributed by atoms with Gasteiger partial charge in [0.2, 0.25) is 10.0 Å². The molecule has 1 rings (SSSR count). The number of likely N-dealkylation sites (N-methyl/N-ethyl adjacent to an activating group) is 1. The van der Waals surface area contributed by atoms with Gasteiger partial charge >= 0.3 is 0 Å². The molecule has 1 aromatic rings. The van der Waals surface area contributed by atoms with Crippen LogP contribution in [-0.2, 0) is 16.6 Å². The maximum absolute atomic E-state index is 11.5. The first-order valence-electron chi connectivity index (χ1n) is 6.32. The van der Waals surface area contributed by atoms with Crippen LogP contribution in [0, 0.1) is 0 Å². The van der Waals surface area contributed by atoms with Crippen molar-refractivity contribution in [2.45, 2.75) is 20.4 Å². The topological polar surface area (TPSA) is 67.2 Å². The largest absolute Gasteiger partial charge is 0.302 e. The first-order valence-corrected chi connectivity index (χ1v) is 8.50. The summed E-state index contributed by atoms with van der Waals surface area (Å²) in [6, 6.07) is 0. The molecule has 8 heteroatoms. The molecule has 1 aromatic heterocycles. The van der Waals surface area contributed by atoms with Crippen molar-refractivity contribution in [1.29, 1.82) is 0 Å². The minimum Gasteiger partial charge on any atom is -0.302 e. The number of hydrogen-bond acceptors (Lipinski definition) is 4. The molecule has 0 fully saturated rings. The van der Waals surface area contributed by atoms with Gasteiger partial charge in [0.25, 0.3) is 0 Å². The van der Waals surface area contributed by atoms with Crippen LogP contribution in [-0.4, -0.2) is 54.4 Å². The average Bonchev–Trinajstić information content (AvgIpc) is 2.77. The summed E-state index contributed by atoms with van der Waals surface area (Å²) >= 11 is 5.43. The number of nitrogens with one attached hydrogen (secondary N) is 1. The van der Waals surface area contributed by atoms with Gasteiger partial charge in [0, 0.05) is 18.6 Å². The van der Waals surface area contributed by atoms with Crippen molar-refractivity contribution in [3.63, 3.8) is 0 Å². The molecule has 0 aromatic carbocycles. The molecular weight excluding hydrogens is 288 g/mol. The van der Waals surface area contributed by atoms with Crippen molar-refractivity contribution in [3.8, 4) is 0 Å². The first-order chi connectivity index (χ1) is 9.00. The van der Waals surface area contributed by atoms with Crippen molar-refractivity contribution in [2.75, 3.05) is 36.0 Å². The van der Waals surface area contributed by atoms with Crippen LogP contribution in [0.25, 0.3) is 0 Å². The smallest absolute Gasteiger partial charge is 0.234 e. The number of rotatable bonds is 9. The zero-order chi connectivity index (χ0) is 14.3. The van der Waals surface area contributed by atoms with Gasteiger partial charge in [0.05, 0.1) is 24.2 Å². The summed E-state index contributed by atoms with van der Waals surface area (Å²) in [5.41, 5.74) is 0.477. The summed E-state index contributed by atoms with van der Waals surface area (Å²) in [4.78, 5) is 2.28. The molecule has 0 spiro atoms. The lowest BCUT2D eigenvalue weighted by molar-refractivity contribution is 0.285. The van der Waals surface area contributed by atoms with Gasteiger partial charge in [0.15, 0.2) is 0 Å². The lowest BCUT2D eigenvalue weighted by Crippen LogP contribution is -2.27. The van der Waals surface area contributed by atoms with Gasteiger partial charge in [-0.1, -0.05) is 13.8 Å². The third-order valence-electron chi connectivity index (χ3n) is 2.79. The van der Waals surface area contributed by atoms with Gasteiger partial charge in [-0.05, 0) is 13.1 Å². The Balaban J connectivity index is 2.53. The van der Waals surface area contributed by atoms with Crippen LogP contribution in [0.3, 0.4) is 0 Å². The molecule has 0 aliphatic carbocycles. The lowest BCUT2D eigenvalue weighted by atomic mass is 10.4. The van der Waals surface area contributed by atoms with Gasteiger partial charge in [-0.3, -0.25) is 9.40 Å². The Kier molecular flexibility index (Phi) is 6.60. The summed E-state index contributed by atoms with van der Waals surface area (Å²) in [7, 11) is -3.36. The maximum atomic E-state index is 11.5. The molecular formula is C11H21ClN4O2S. The predicted molar refractivity (Wildman–Crippen MR) is 78.1 cm³/mol. The van der Waals surface area contributed by atoms with Crippen molar-refractivity contribution >= 4 is 27.3 Å². The van der Waals surface area contributed by atoms with E-state index in [2.05, 4.69) is 28.6 Å². The van der Waals surface area contributed by atoms with Crippen molar-refractivity contribution in [1.82, 2.24) is 14.7 Å². The maximum Gasteiger partial charge on any atom is 0.234 e. The molecule has 0 unspecified atom stereocenters. The fourth-order valence-electron chi connectivity index (χ4n) is 1.65. The molecule has 0 aliphatic rings. The number of anilines is 1. The second-order valence-corrected chi connectivity index (χ2v) is 6.35. The molecule has 1 N–H and O–H groups in total. The fourth-order valence-corrected chi connectivity index (χ4v) is 3.03. The Hall–Kier alpha value is -0.790. The molecule has 0 radical (unpaired) electrons. The Labute approximate surface area is 119 Å². The molecule has 0 amide bonds. The number of aromatic nitrogens is 2. The molecule has 1 heterocycles. The highest BCUT2D eigenvalue weighted by atomic mass is 35.5. The molecule has 0 saturated heterocycles. The second-order valence-electron chi connectivity index (χ2n) is 4.13. The summed E-state index contributed by atoms with van der Waals surface area (Å²) in [6.07, 6.45) is 3.20. The SMILES string of the molecule is CCN(CC)CCn1cc(NS(=O)(=O)CCCl)cn1. The number of sulfonamides is 1. The zero-order valence-electron chi connectivity index (χ0n) is 11.3. The van der Waals surface area contributed by atoms with Crippen molar-refractivity contribution in [3.05, 3.63) is 12.4 Å². The van der Waals surface area contributed by atoms with Gasteiger partial charge in [-0.15, -0.1) is 11.6 Å². The second kappa shape index (κ2) is 7.72. The van der Waals surface area contributed by atoms with Gasteiger partial charge in [-0.25, -0.2) is 8.42 Å². The van der Waals surface area contributed by atoms with E-state index in [-0.39, 0.29) is 11.6 Å². The van der Waals surface area contributed by atoms with Crippen LogP contribution in [0.5, 0.6) is 0 Å². The van der Waals surface area contributed by atoms with Gasteiger partial charge < -0.3 is 4.90 Å². The predicted octanol–water partition coefficient (Wildman–Crippen LogP) is 1.21. The third kappa shape index (κ3) is 5.80. The summed E-state index contributed by atoms with van der Waals surface area (Å²) < 4.78 is 27.2. The van der Waals surface area contributed by atoms with Crippen LogP contribution < -0.4 is 4.72 Å². The molecule has 110 valence electrons. The van der Waals surface area contributed by atoms with Crippen molar-refractivity contribution in [2.24, 2.45) is 0 Å². The van der Waals surface area contributed by atoms with E-state index in [4.69, 9.17) is 11.6 Å². The van der Waals surface area contributed by atoms with E-state index in [1.54, 1.807) is 10.9 Å². The molecule has 0 aliphatic heterocycles. The number of nitrogens with zero attached hydrogens (tertiary/aromatic N) is 3. The quantitative estimate of drug-likeness (QED) is 0.696. The summed E-state index contributed by atoms with van der Waals surface area (Å²) in [5.74, 6) is -0.0232. The normalized spacial score (nSPS) is 12.0. The van der Waals surface area contributed by atoms with Crippen molar-refractivity contribution < 1.29 is 8.42 Å². The zero-order valence-corrected chi connectivity index (χ0v) is 12.9. The standard InChI is InChI=1S/C11H21ClN4O2S/c1-3-15(4-2)6-7-16-10-11(9-13-16)14-19(17,18)8-5-12/h9-10,14H,3-8H2,1-2H3. The van der Waals surface area contributed by atoms with Crippen LogP contribution in [0.15, 0.2) is 12.4 Å². The van der Waals surface area contributed by atoms with E-state index < -0.39 is 10.0 Å². The number of halogens is 1.